The van der Waals surface area contributed by atoms with Crippen molar-refractivity contribution in [3.05, 3.63) is 59.5 Å². The van der Waals surface area contributed by atoms with Crippen molar-refractivity contribution in [3.8, 4) is 23.0 Å². The van der Waals surface area contributed by atoms with E-state index in [0.717, 1.165) is 24.6 Å². The van der Waals surface area contributed by atoms with Crippen molar-refractivity contribution < 1.29 is 45.7 Å². The lowest BCUT2D eigenvalue weighted by Gasteiger charge is -2.31. The zero-order chi connectivity index (χ0) is 36.4. The van der Waals surface area contributed by atoms with E-state index in [1.54, 1.807) is 0 Å². The average molecular weight is 733 g/mol. The Bertz CT molecular complexity index is 2120. The number of carbonyl (C=O) groups excluding carboxylic acids is 1. The number of nitrogens with zero attached hydrogens (tertiary/aromatic N) is 5. The van der Waals surface area contributed by atoms with Crippen LogP contribution in [0.1, 0.15) is 31.2 Å². The molecule has 0 aliphatic carbocycles. The molecule has 1 amide bonds. The fourth-order valence-corrected chi connectivity index (χ4v) is 8.61. The summed E-state index contributed by atoms with van der Waals surface area (Å²) in [5, 5.41) is 9.21. The molecule has 0 bridgehead atoms. The van der Waals surface area contributed by atoms with E-state index >= 15 is 4.39 Å². The van der Waals surface area contributed by atoms with Gasteiger partial charge in [0.05, 0.1) is 45.4 Å². The smallest absolute Gasteiger partial charge is 0.417 e. The van der Waals surface area contributed by atoms with Gasteiger partial charge in [-0.15, -0.1) is 11.3 Å². The Hall–Kier alpha value is -4.66. The van der Waals surface area contributed by atoms with E-state index in [-0.39, 0.29) is 53.3 Å². The van der Waals surface area contributed by atoms with Gasteiger partial charge in [-0.25, -0.2) is 18.0 Å². The van der Waals surface area contributed by atoms with E-state index in [4.69, 9.17) is 21.8 Å². The molecule has 0 radical (unpaired) electrons. The second-order valence-electron chi connectivity index (χ2n) is 12.8. The highest BCUT2D eigenvalue weighted by Crippen LogP contribution is 2.51. The van der Waals surface area contributed by atoms with Gasteiger partial charge in [0.25, 0.3) is 0 Å². The zero-order valence-corrected chi connectivity index (χ0v) is 27.6. The average Bonchev–Trinajstić information content (AvgIpc) is 3.84. The fraction of sp³-hybridized carbons (Fsp3) is 0.412. The number of thiophene rings is 1. The molecular weight excluding hydrogens is 702 g/mol. The lowest BCUT2D eigenvalue weighted by atomic mass is 9.93. The van der Waals surface area contributed by atoms with Crippen LogP contribution in [0.3, 0.4) is 0 Å². The van der Waals surface area contributed by atoms with Crippen LogP contribution in [0.4, 0.5) is 37.0 Å². The number of likely N-dealkylation sites (tertiary alicyclic amines) is 1. The number of nitrogen functional groups attached to an aromatic ring is 1. The van der Waals surface area contributed by atoms with Crippen LogP contribution in [0.15, 0.2) is 30.9 Å². The van der Waals surface area contributed by atoms with Gasteiger partial charge in [0.1, 0.15) is 30.2 Å². The highest BCUT2D eigenvalue weighted by molar-refractivity contribution is 7.23. The van der Waals surface area contributed by atoms with Crippen LogP contribution in [0.2, 0.25) is 0 Å². The first-order valence-electron chi connectivity index (χ1n) is 16.0. The maximum absolute atomic E-state index is 17.0. The maximum Gasteiger partial charge on any atom is 0.417 e. The Balaban J connectivity index is 1.43. The molecule has 3 saturated heterocycles. The van der Waals surface area contributed by atoms with Crippen molar-refractivity contribution >= 4 is 48.9 Å². The largest absolute Gasteiger partial charge is 0.471 e. The molecule has 3 N–H and O–H groups in total. The minimum atomic E-state index is -5.19. The summed E-state index contributed by atoms with van der Waals surface area (Å²) in [6.07, 6.45) is -4.50. The van der Waals surface area contributed by atoms with Crippen molar-refractivity contribution in [2.45, 2.75) is 55.7 Å². The summed E-state index contributed by atoms with van der Waals surface area (Å²) in [5.41, 5.74) is 1.35. The van der Waals surface area contributed by atoms with Gasteiger partial charge in [0.15, 0.2) is 5.82 Å². The van der Waals surface area contributed by atoms with E-state index < -0.39 is 93.7 Å². The summed E-state index contributed by atoms with van der Waals surface area (Å²) in [5.74, 6) is -3.35. The van der Waals surface area contributed by atoms with Crippen molar-refractivity contribution in [1.29, 1.82) is 0 Å². The van der Waals surface area contributed by atoms with E-state index in [1.165, 1.54) is 4.90 Å². The molecule has 17 heteroatoms. The summed E-state index contributed by atoms with van der Waals surface area (Å²) in [7, 11) is 0. The molecule has 4 atom stereocenters. The molecule has 5 heterocycles. The predicted molar refractivity (Wildman–Crippen MR) is 176 cm³/mol. The standard InChI is InChI=1S/C34H30F6N6O4S/c1-3-23(48)46-10-7-22(21(46)14-47)50-31-18-11-19(34(38,39)40)24(17-5-6-20(36)29-25(17)28(42-2)30(41)51-29)26(37)27(18)43-32(44-31)49-15-33-8-4-9-45(33)13-16(35)12-33/h3,5-6,11,16,21-22,47H,1,4,7-10,12-15,41H2. The normalized spacial score (nSPS) is 23.6. The van der Waals surface area contributed by atoms with Gasteiger partial charge < -0.3 is 25.2 Å². The second-order valence-corrected chi connectivity index (χ2v) is 13.9. The first-order valence-corrected chi connectivity index (χ1v) is 16.8. The Labute approximate surface area is 290 Å². The Kier molecular flexibility index (Phi) is 8.75. The number of fused-ring (bicyclic) bond motifs is 3. The minimum Gasteiger partial charge on any atom is -0.471 e. The molecule has 4 unspecified atom stereocenters. The minimum absolute atomic E-state index is 0.0983. The summed E-state index contributed by atoms with van der Waals surface area (Å²) >= 11 is 0.650. The summed E-state index contributed by atoms with van der Waals surface area (Å²) in [4.78, 5) is 27.5. The van der Waals surface area contributed by atoms with E-state index in [9.17, 15) is 31.9 Å². The molecule has 2 aromatic heterocycles. The van der Waals surface area contributed by atoms with E-state index in [0.29, 0.717) is 30.4 Å². The van der Waals surface area contributed by atoms with E-state index in [1.807, 2.05) is 4.90 Å². The molecule has 3 fully saturated rings. The first kappa shape index (κ1) is 34.8. The van der Waals surface area contributed by atoms with Gasteiger partial charge in [-0.1, -0.05) is 12.6 Å². The fourth-order valence-electron chi connectivity index (χ4n) is 7.67. The van der Waals surface area contributed by atoms with Gasteiger partial charge in [0, 0.05) is 36.9 Å². The van der Waals surface area contributed by atoms with Crippen LogP contribution in [0, 0.1) is 18.2 Å². The number of halogens is 6. The van der Waals surface area contributed by atoms with Gasteiger partial charge in [-0.3, -0.25) is 9.69 Å². The number of aliphatic hydroxyl groups excluding tert-OH is 1. The first-order chi connectivity index (χ1) is 24.3. The topological polar surface area (TPSA) is 118 Å². The third-order valence-corrected chi connectivity index (χ3v) is 11.0. The van der Waals surface area contributed by atoms with Crippen LogP contribution >= 0.6 is 11.3 Å². The molecule has 268 valence electrons. The monoisotopic (exact) mass is 732 g/mol. The quantitative estimate of drug-likeness (QED) is 0.121. The van der Waals surface area contributed by atoms with Crippen LogP contribution in [0.25, 0.3) is 37.0 Å². The molecule has 10 nitrogen and oxygen atoms in total. The Morgan fingerprint density at radius 3 is 2.76 bits per heavy atom. The molecular formula is C34H30F6N6O4S. The van der Waals surface area contributed by atoms with Crippen LogP contribution < -0.4 is 15.2 Å². The zero-order valence-electron chi connectivity index (χ0n) is 26.8. The molecule has 4 aromatic rings. The number of amides is 1. The summed E-state index contributed by atoms with van der Waals surface area (Å²) < 4.78 is 103. The number of benzene rings is 2. The van der Waals surface area contributed by atoms with Crippen molar-refractivity contribution in [3.63, 3.8) is 0 Å². The van der Waals surface area contributed by atoms with Crippen LogP contribution in [-0.4, -0.2) is 87.5 Å². The number of alkyl halides is 4. The number of rotatable bonds is 8. The number of hydrogen-bond acceptors (Lipinski definition) is 9. The van der Waals surface area contributed by atoms with Crippen molar-refractivity contribution in [2.24, 2.45) is 0 Å². The number of aromatic nitrogens is 2. The molecule has 2 aromatic carbocycles. The molecule has 0 saturated carbocycles. The summed E-state index contributed by atoms with van der Waals surface area (Å²) in [6, 6.07) is 1.02. The Morgan fingerprint density at radius 1 is 1.27 bits per heavy atom. The Morgan fingerprint density at radius 2 is 2.06 bits per heavy atom. The highest BCUT2D eigenvalue weighted by atomic mass is 32.1. The second kappa shape index (κ2) is 12.8. The molecule has 3 aliphatic rings. The molecule has 3 aliphatic heterocycles. The van der Waals surface area contributed by atoms with Gasteiger partial charge in [0.2, 0.25) is 17.5 Å². The van der Waals surface area contributed by atoms with Crippen molar-refractivity contribution in [2.75, 3.05) is 38.6 Å². The number of ether oxygens (including phenoxy) is 2. The predicted octanol–water partition coefficient (Wildman–Crippen LogP) is 6.42. The van der Waals surface area contributed by atoms with E-state index in [2.05, 4.69) is 21.4 Å². The summed E-state index contributed by atoms with van der Waals surface area (Å²) in [6.45, 7) is 11.4. The van der Waals surface area contributed by atoms with Gasteiger partial charge in [-0.05, 0) is 43.2 Å². The molecule has 7 rings (SSSR count). The number of nitrogens with two attached hydrogens (primary N) is 1. The lowest BCUT2D eigenvalue weighted by Crippen LogP contribution is -2.43. The number of aliphatic hydroxyl groups is 1. The van der Waals surface area contributed by atoms with Crippen LogP contribution in [0.5, 0.6) is 11.9 Å². The van der Waals surface area contributed by atoms with Crippen molar-refractivity contribution in [1.82, 2.24) is 19.8 Å². The van der Waals surface area contributed by atoms with Gasteiger partial charge in [-0.2, -0.15) is 23.1 Å². The molecule has 51 heavy (non-hydrogen) atoms. The van der Waals surface area contributed by atoms with Gasteiger partial charge >= 0.3 is 12.2 Å². The lowest BCUT2D eigenvalue weighted by molar-refractivity contribution is -0.137. The van der Waals surface area contributed by atoms with Crippen LogP contribution in [-0.2, 0) is 11.0 Å². The SMILES string of the molecule is [C-]#[N+]c1c(N)sc2c(F)ccc(-c3c(C(F)(F)F)cc4c(OC5CCN(C(=O)C=C)C5CO)nc(OCC56CCCN5CC(F)C6)nc4c3F)c12. The highest BCUT2D eigenvalue weighted by Gasteiger charge is 2.49. The number of carbonyl (C=O) groups is 1. The maximum atomic E-state index is 17.0. The number of hydrogen-bond donors (Lipinski definition) is 2. The molecule has 0 spiro atoms. The third kappa shape index (κ3) is 5.78. The third-order valence-electron chi connectivity index (χ3n) is 9.98. The number of anilines is 1.